The zero-order valence-corrected chi connectivity index (χ0v) is 10.2. The van der Waals surface area contributed by atoms with Crippen molar-refractivity contribution in [2.24, 2.45) is 0 Å². The first-order valence-electron chi connectivity index (χ1n) is 4.14. The van der Waals surface area contributed by atoms with Crippen molar-refractivity contribution in [3.05, 3.63) is 0 Å². The van der Waals surface area contributed by atoms with Crippen molar-refractivity contribution >= 4 is 17.2 Å². The van der Waals surface area contributed by atoms with Crippen LogP contribution in [0.15, 0.2) is 0 Å². The van der Waals surface area contributed by atoms with Gasteiger partial charge in [0.05, 0.1) is 11.9 Å². The molecular formula is C7H17O4PS. The molecule has 0 bridgehead atoms. The molecule has 0 aromatic carbocycles. The summed E-state index contributed by atoms with van der Waals surface area (Å²) < 4.78 is 39.2. The molecule has 0 saturated carbocycles. The van der Waals surface area contributed by atoms with Gasteiger partial charge in [-0.2, -0.15) is 0 Å². The first kappa shape index (κ1) is 13.1. The summed E-state index contributed by atoms with van der Waals surface area (Å²) in [5, 5.41) is -0.499. The summed E-state index contributed by atoms with van der Waals surface area (Å²) in [4.78, 5) is 0. The third-order valence-corrected chi connectivity index (χ3v) is 7.09. The molecule has 6 heteroatoms. The second-order valence-electron chi connectivity index (χ2n) is 3.27. The molecule has 13 heavy (non-hydrogen) atoms. The maximum absolute atomic E-state index is 11.5. The van der Waals surface area contributed by atoms with Crippen molar-refractivity contribution in [1.29, 1.82) is 0 Å². The standard InChI is InChI=1S/C7H17O4PS/c1-5-11-12(4,8)6-13(9,10)7(2)3/h7H,5-6H2,1-4H3/t12-/m0/s1. The Balaban J connectivity index is 4.54. The van der Waals surface area contributed by atoms with Crippen LogP contribution in [0.4, 0.5) is 0 Å². The highest BCUT2D eigenvalue weighted by molar-refractivity contribution is 7.98. The van der Waals surface area contributed by atoms with Crippen LogP contribution in [0, 0.1) is 0 Å². The minimum Gasteiger partial charge on any atom is -0.328 e. The van der Waals surface area contributed by atoms with Gasteiger partial charge in [-0.25, -0.2) is 8.42 Å². The Labute approximate surface area is 80.0 Å². The van der Waals surface area contributed by atoms with Crippen LogP contribution in [0.25, 0.3) is 0 Å². The van der Waals surface area contributed by atoms with Gasteiger partial charge < -0.3 is 4.52 Å². The molecule has 0 N–H and O–H groups in total. The minimum absolute atomic E-state index is 0.279. The maximum Gasteiger partial charge on any atom is 0.214 e. The molecule has 0 aliphatic rings. The summed E-state index contributed by atoms with van der Waals surface area (Å²) >= 11 is 0. The van der Waals surface area contributed by atoms with E-state index in [1.54, 1.807) is 20.8 Å². The van der Waals surface area contributed by atoms with Crippen molar-refractivity contribution in [2.45, 2.75) is 26.0 Å². The normalized spacial score (nSPS) is 17.3. The van der Waals surface area contributed by atoms with Crippen LogP contribution in [-0.2, 0) is 18.9 Å². The van der Waals surface area contributed by atoms with E-state index in [1.807, 2.05) is 0 Å². The van der Waals surface area contributed by atoms with E-state index in [2.05, 4.69) is 0 Å². The van der Waals surface area contributed by atoms with Crippen molar-refractivity contribution in [1.82, 2.24) is 0 Å². The molecule has 0 unspecified atom stereocenters. The molecule has 0 aromatic rings. The fraction of sp³-hybridized carbons (Fsp3) is 1.00. The molecule has 0 amide bonds. The van der Waals surface area contributed by atoms with E-state index in [1.165, 1.54) is 6.66 Å². The lowest BCUT2D eigenvalue weighted by molar-refractivity contribution is 0.340. The van der Waals surface area contributed by atoms with Crippen LogP contribution in [-0.4, -0.2) is 32.4 Å². The van der Waals surface area contributed by atoms with Crippen molar-refractivity contribution in [3.8, 4) is 0 Å². The van der Waals surface area contributed by atoms with Crippen molar-refractivity contribution in [3.63, 3.8) is 0 Å². The van der Waals surface area contributed by atoms with Gasteiger partial charge in [-0.15, -0.1) is 0 Å². The number of hydrogen-bond donors (Lipinski definition) is 0. The largest absolute Gasteiger partial charge is 0.328 e. The highest BCUT2D eigenvalue weighted by Crippen LogP contribution is 2.44. The van der Waals surface area contributed by atoms with Gasteiger partial charge in [0.25, 0.3) is 0 Å². The first-order chi connectivity index (χ1) is 5.71. The van der Waals surface area contributed by atoms with Gasteiger partial charge in [0.2, 0.25) is 7.37 Å². The molecule has 4 nitrogen and oxygen atoms in total. The second kappa shape index (κ2) is 4.58. The topological polar surface area (TPSA) is 60.4 Å². The van der Waals surface area contributed by atoms with Crippen molar-refractivity contribution < 1.29 is 17.5 Å². The summed E-state index contributed by atoms with van der Waals surface area (Å²) in [5.74, 6) is 0. The van der Waals surface area contributed by atoms with E-state index >= 15 is 0 Å². The molecule has 0 radical (unpaired) electrons. The van der Waals surface area contributed by atoms with E-state index in [9.17, 15) is 13.0 Å². The Hall–Kier alpha value is 0.140. The Morgan fingerprint density at radius 3 is 2.15 bits per heavy atom. The summed E-state index contributed by atoms with van der Waals surface area (Å²) in [6.07, 6.45) is 0. The average Bonchev–Trinajstić information content (AvgIpc) is 1.83. The van der Waals surface area contributed by atoms with Gasteiger partial charge in [-0.1, -0.05) is 0 Å². The Bertz CT molecular complexity index is 294. The lowest BCUT2D eigenvalue weighted by Gasteiger charge is -2.14. The highest BCUT2D eigenvalue weighted by Gasteiger charge is 2.27. The molecule has 0 rings (SSSR count). The van der Waals surface area contributed by atoms with E-state index < -0.39 is 22.5 Å². The molecule has 0 aliphatic heterocycles. The lowest BCUT2D eigenvalue weighted by Crippen LogP contribution is -2.18. The first-order valence-corrected chi connectivity index (χ1v) is 8.11. The fourth-order valence-electron chi connectivity index (χ4n) is 0.786. The molecule has 1 atom stereocenters. The average molecular weight is 228 g/mol. The van der Waals surface area contributed by atoms with E-state index in [0.29, 0.717) is 0 Å². The van der Waals surface area contributed by atoms with Gasteiger partial charge >= 0.3 is 0 Å². The number of hydrogen-bond acceptors (Lipinski definition) is 4. The Morgan fingerprint density at radius 2 is 1.85 bits per heavy atom. The van der Waals surface area contributed by atoms with Gasteiger partial charge in [0.15, 0.2) is 9.84 Å². The third-order valence-electron chi connectivity index (χ3n) is 1.53. The maximum atomic E-state index is 11.5. The van der Waals surface area contributed by atoms with Crippen LogP contribution in [0.1, 0.15) is 20.8 Å². The van der Waals surface area contributed by atoms with Crippen LogP contribution < -0.4 is 0 Å². The zero-order valence-electron chi connectivity index (χ0n) is 8.48. The summed E-state index contributed by atoms with van der Waals surface area (Å²) in [7, 11) is -6.22. The van der Waals surface area contributed by atoms with Crippen LogP contribution in [0.2, 0.25) is 0 Å². The highest BCUT2D eigenvalue weighted by atomic mass is 32.2. The van der Waals surface area contributed by atoms with E-state index in [-0.39, 0.29) is 12.1 Å². The molecule has 0 aliphatic carbocycles. The molecule has 0 spiro atoms. The Kier molecular flexibility index (Phi) is 4.63. The smallest absolute Gasteiger partial charge is 0.214 e. The monoisotopic (exact) mass is 228 g/mol. The van der Waals surface area contributed by atoms with Gasteiger partial charge in [-0.05, 0) is 20.8 Å². The van der Waals surface area contributed by atoms with Gasteiger partial charge in [0, 0.05) is 6.66 Å². The van der Waals surface area contributed by atoms with Crippen molar-refractivity contribution in [2.75, 3.05) is 18.8 Å². The molecule has 80 valence electrons. The number of sulfone groups is 1. The molecule has 0 fully saturated rings. The van der Waals surface area contributed by atoms with Gasteiger partial charge in [-0.3, -0.25) is 4.57 Å². The van der Waals surface area contributed by atoms with Crippen LogP contribution >= 0.6 is 7.37 Å². The zero-order chi connectivity index (χ0) is 10.7. The third kappa shape index (κ3) is 4.79. The quantitative estimate of drug-likeness (QED) is 0.672. The molecule has 0 heterocycles. The van der Waals surface area contributed by atoms with Gasteiger partial charge in [0.1, 0.15) is 5.49 Å². The molecular weight excluding hydrogens is 211 g/mol. The lowest BCUT2D eigenvalue weighted by atomic mass is 10.6. The van der Waals surface area contributed by atoms with E-state index in [0.717, 1.165) is 0 Å². The summed E-state index contributed by atoms with van der Waals surface area (Å²) in [6.45, 7) is 6.47. The number of rotatable bonds is 5. The second-order valence-corrected chi connectivity index (χ2v) is 8.86. The fourth-order valence-corrected chi connectivity index (χ4v) is 5.44. The summed E-state index contributed by atoms with van der Waals surface area (Å²) in [5.41, 5.74) is -0.356. The van der Waals surface area contributed by atoms with E-state index in [4.69, 9.17) is 4.52 Å². The van der Waals surface area contributed by atoms with Crippen LogP contribution in [0.3, 0.4) is 0 Å². The Morgan fingerprint density at radius 1 is 1.38 bits per heavy atom. The minimum atomic E-state index is -3.27. The van der Waals surface area contributed by atoms with Crippen LogP contribution in [0.5, 0.6) is 0 Å². The molecule has 0 aromatic heterocycles. The predicted octanol–water partition coefficient (Wildman–Crippen LogP) is 1.71. The summed E-state index contributed by atoms with van der Waals surface area (Å²) in [6, 6.07) is 0. The molecule has 0 saturated heterocycles. The SMILES string of the molecule is CCO[P@](C)(=O)CS(=O)(=O)C(C)C. The predicted molar refractivity (Wildman–Crippen MR) is 54.1 cm³/mol.